The molecule has 4 aromatic carbocycles. The summed E-state index contributed by atoms with van der Waals surface area (Å²) in [6.45, 7) is 4.48. The Balaban J connectivity index is 1.56. The Morgan fingerprint density at radius 1 is 0.742 bits per heavy atom. The Kier molecular flexibility index (Phi) is 3.58. The number of hydrogen-bond donors (Lipinski definition) is 0. The van der Waals surface area contributed by atoms with Crippen molar-refractivity contribution in [3.05, 3.63) is 102 Å². The fourth-order valence-electron chi connectivity index (χ4n) is 4.92. The third-order valence-corrected chi connectivity index (χ3v) is 6.48. The number of para-hydroxylation sites is 4. The molecule has 0 amide bonds. The molecule has 3 heteroatoms. The Morgan fingerprint density at radius 3 is 1.97 bits per heavy atom. The van der Waals surface area contributed by atoms with Crippen LogP contribution in [0.15, 0.2) is 84.9 Å². The molecular formula is C28H20N2O. The lowest BCUT2D eigenvalue weighted by Gasteiger charge is -2.33. The summed E-state index contributed by atoms with van der Waals surface area (Å²) in [4.78, 5) is 2.27. The largest absolute Gasteiger partial charge is 0.453 e. The number of nitrogens with zero attached hydrogens (tertiary/aromatic N) is 2. The predicted octanol–water partition coefficient (Wildman–Crippen LogP) is 7.44. The first-order valence-corrected chi connectivity index (χ1v) is 10.4. The van der Waals surface area contributed by atoms with E-state index in [2.05, 4.69) is 61.2 Å². The van der Waals surface area contributed by atoms with E-state index in [4.69, 9.17) is 4.74 Å². The van der Waals surface area contributed by atoms with Gasteiger partial charge >= 0.3 is 0 Å². The molecule has 0 atom stereocenters. The zero-order chi connectivity index (χ0) is 21.2. The lowest BCUT2D eigenvalue weighted by molar-refractivity contribution is 0.477. The molecule has 0 saturated heterocycles. The van der Waals surface area contributed by atoms with Crippen LogP contribution in [0.5, 0.6) is 11.5 Å². The van der Waals surface area contributed by atoms with Gasteiger partial charge in [0.05, 0.1) is 23.0 Å². The molecule has 1 heterocycles. The van der Waals surface area contributed by atoms with Gasteiger partial charge in [-0.25, -0.2) is 0 Å². The lowest BCUT2D eigenvalue weighted by atomic mass is 9.82. The van der Waals surface area contributed by atoms with Gasteiger partial charge < -0.3 is 9.64 Å². The van der Waals surface area contributed by atoms with Crippen LogP contribution >= 0.6 is 0 Å². The summed E-state index contributed by atoms with van der Waals surface area (Å²) in [5, 5.41) is 9.39. The molecule has 148 valence electrons. The van der Waals surface area contributed by atoms with Crippen LogP contribution in [-0.4, -0.2) is 0 Å². The number of fused-ring (bicyclic) bond motifs is 5. The number of ether oxygens (including phenoxy) is 1. The number of hydrogen-bond acceptors (Lipinski definition) is 3. The molecule has 0 N–H and O–H groups in total. The van der Waals surface area contributed by atoms with Crippen molar-refractivity contribution in [1.82, 2.24) is 0 Å². The van der Waals surface area contributed by atoms with E-state index >= 15 is 0 Å². The van der Waals surface area contributed by atoms with E-state index in [0.717, 1.165) is 28.6 Å². The minimum absolute atomic E-state index is 0.182. The molecule has 0 aromatic heterocycles. The van der Waals surface area contributed by atoms with E-state index in [1.807, 2.05) is 48.5 Å². The molecule has 0 spiro atoms. The Bertz CT molecular complexity index is 1370. The second kappa shape index (κ2) is 6.23. The normalized spacial score (nSPS) is 14.5. The number of anilines is 3. The van der Waals surface area contributed by atoms with E-state index < -0.39 is 0 Å². The van der Waals surface area contributed by atoms with Crippen LogP contribution in [-0.2, 0) is 5.41 Å². The molecule has 1 aliphatic heterocycles. The molecular weight excluding hydrogens is 380 g/mol. The summed E-state index contributed by atoms with van der Waals surface area (Å²) in [5.41, 5.74) is 8.62. The molecule has 0 radical (unpaired) electrons. The number of benzene rings is 4. The molecule has 0 fully saturated rings. The maximum atomic E-state index is 9.39. The number of rotatable bonds is 1. The van der Waals surface area contributed by atoms with Gasteiger partial charge in [-0.3, -0.25) is 0 Å². The highest BCUT2D eigenvalue weighted by atomic mass is 16.5. The van der Waals surface area contributed by atoms with Crippen molar-refractivity contribution in [3.63, 3.8) is 0 Å². The van der Waals surface area contributed by atoms with Crippen LogP contribution in [0.4, 0.5) is 17.1 Å². The lowest BCUT2D eigenvalue weighted by Crippen LogP contribution is -2.18. The zero-order valence-electron chi connectivity index (χ0n) is 17.4. The van der Waals surface area contributed by atoms with E-state index in [0.29, 0.717) is 5.56 Å². The quantitative estimate of drug-likeness (QED) is 0.293. The number of nitriles is 1. The third-order valence-electron chi connectivity index (χ3n) is 6.48. The van der Waals surface area contributed by atoms with Gasteiger partial charge in [0.15, 0.2) is 11.5 Å². The summed E-state index contributed by atoms with van der Waals surface area (Å²) < 4.78 is 6.17. The fraction of sp³-hybridized carbons (Fsp3) is 0.107. The second-order valence-electron chi connectivity index (χ2n) is 8.60. The predicted molar refractivity (Wildman–Crippen MR) is 123 cm³/mol. The van der Waals surface area contributed by atoms with E-state index in [9.17, 15) is 5.26 Å². The molecule has 3 nitrogen and oxygen atoms in total. The highest BCUT2D eigenvalue weighted by Crippen LogP contribution is 2.54. The van der Waals surface area contributed by atoms with Crippen molar-refractivity contribution in [2.75, 3.05) is 4.90 Å². The molecule has 4 aromatic rings. The van der Waals surface area contributed by atoms with Crippen molar-refractivity contribution in [2.24, 2.45) is 0 Å². The molecule has 6 rings (SSSR count). The van der Waals surface area contributed by atoms with Crippen molar-refractivity contribution in [2.45, 2.75) is 19.3 Å². The van der Waals surface area contributed by atoms with Gasteiger partial charge in [-0.05, 0) is 70.8 Å². The summed E-state index contributed by atoms with van der Waals surface area (Å²) in [6, 6.07) is 31.3. The maximum Gasteiger partial charge on any atom is 0.151 e. The smallest absolute Gasteiger partial charge is 0.151 e. The highest BCUT2D eigenvalue weighted by molar-refractivity contribution is 5.89. The first-order chi connectivity index (χ1) is 15.1. The van der Waals surface area contributed by atoms with Gasteiger partial charge in [0, 0.05) is 11.1 Å². The minimum atomic E-state index is -0.182. The van der Waals surface area contributed by atoms with Gasteiger partial charge in [0.2, 0.25) is 0 Å². The van der Waals surface area contributed by atoms with Crippen LogP contribution in [0.25, 0.3) is 11.1 Å². The molecule has 0 saturated carbocycles. The topological polar surface area (TPSA) is 36.3 Å². The fourth-order valence-corrected chi connectivity index (χ4v) is 4.92. The summed E-state index contributed by atoms with van der Waals surface area (Å²) in [7, 11) is 0. The average Bonchev–Trinajstić information content (AvgIpc) is 3.03. The van der Waals surface area contributed by atoms with E-state index in [-0.39, 0.29) is 5.41 Å². The van der Waals surface area contributed by atoms with Crippen molar-refractivity contribution < 1.29 is 4.74 Å². The Hall–Kier alpha value is -4.03. The van der Waals surface area contributed by atoms with Gasteiger partial charge in [-0.15, -0.1) is 0 Å². The van der Waals surface area contributed by atoms with Crippen LogP contribution in [0.2, 0.25) is 0 Å². The first kappa shape index (κ1) is 17.8. The van der Waals surface area contributed by atoms with E-state index in [1.165, 1.54) is 22.3 Å². The molecule has 1 aliphatic carbocycles. The maximum absolute atomic E-state index is 9.39. The summed E-state index contributed by atoms with van der Waals surface area (Å²) >= 11 is 0. The minimum Gasteiger partial charge on any atom is -0.453 e. The standard InChI is InChI=1S/C28H20N2O/c1-28(2)22-15-18(17-29)11-13-20(22)21-14-12-19(16-23(21)28)30-24-7-3-5-9-26(24)31-27-10-6-4-8-25(27)30/h3-16H,1-2H3. The first-order valence-electron chi connectivity index (χ1n) is 10.4. The van der Waals surface area contributed by atoms with Crippen molar-refractivity contribution >= 4 is 17.1 Å². The van der Waals surface area contributed by atoms with Gasteiger partial charge in [-0.2, -0.15) is 5.26 Å². The summed E-state index contributed by atoms with van der Waals surface area (Å²) in [6.07, 6.45) is 0. The van der Waals surface area contributed by atoms with Gasteiger partial charge in [0.25, 0.3) is 0 Å². The SMILES string of the molecule is CC1(C)c2cc(C#N)ccc2-c2ccc(N3c4ccccc4Oc4ccccc43)cc21. The second-order valence-corrected chi connectivity index (χ2v) is 8.60. The van der Waals surface area contributed by atoms with Crippen LogP contribution in [0.3, 0.4) is 0 Å². The van der Waals surface area contributed by atoms with Crippen LogP contribution in [0, 0.1) is 11.3 Å². The molecule has 2 aliphatic rings. The van der Waals surface area contributed by atoms with Gasteiger partial charge in [-0.1, -0.05) is 50.2 Å². The third kappa shape index (κ3) is 2.45. The molecule has 31 heavy (non-hydrogen) atoms. The van der Waals surface area contributed by atoms with Crippen molar-refractivity contribution in [3.8, 4) is 28.7 Å². The average molecular weight is 400 g/mol. The Morgan fingerprint density at radius 2 is 1.32 bits per heavy atom. The van der Waals surface area contributed by atoms with Crippen LogP contribution in [0.1, 0.15) is 30.5 Å². The molecule has 0 bridgehead atoms. The highest BCUT2D eigenvalue weighted by Gasteiger charge is 2.36. The van der Waals surface area contributed by atoms with Crippen molar-refractivity contribution in [1.29, 1.82) is 5.26 Å². The van der Waals surface area contributed by atoms with Crippen LogP contribution < -0.4 is 9.64 Å². The summed E-state index contributed by atoms with van der Waals surface area (Å²) in [5.74, 6) is 1.70. The van der Waals surface area contributed by atoms with E-state index in [1.54, 1.807) is 0 Å². The monoisotopic (exact) mass is 400 g/mol. The zero-order valence-corrected chi connectivity index (χ0v) is 17.4. The molecule has 0 unspecified atom stereocenters. The van der Waals surface area contributed by atoms with Gasteiger partial charge in [0.1, 0.15) is 0 Å². The Labute approximate surface area is 181 Å².